The fourth-order valence-electron chi connectivity index (χ4n) is 4.58. The number of nitrogens with one attached hydrogen (secondary N) is 1. The summed E-state index contributed by atoms with van der Waals surface area (Å²) in [4.78, 5) is 31.4. The molecule has 1 aliphatic rings. The molecule has 2 aromatic heterocycles. The predicted molar refractivity (Wildman–Crippen MR) is 147 cm³/mol. The normalized spacial score (nSPS) is 15.7. The Morgan fingerprint density at radius 2 is 1.79 bits per heavy atom. The van der Waals surface area contributed by atoms with Gasteiger partial charge in [0, 0.05) is 24.0 Å². The van der Waals surface area contributed by atoms with E-state index in [1.165, 1.54) is 18.2 Å². The highest BCUT2D eigenvalue weighted by atomic mass is 32.2. The van der Waals surface area contributed by atoms with E-state index in [1.807, 2.05) is 0 Å². The molecule has 0 spiro atoms. The van der Waals surface area contributed by atoms with E-state index in [0.29, 0.717) is 41.8 Å². The molecule has 42 heavy (non-hydrogen) atoms. The molecule has 4 aromatic rings. The van der Waals surface area contributed by atoms with Gasteiger partial charge >= 0.3 is 18.0 Å². The summed E-state index contributed by atoms with van der Waals surface area (Å²) in [5, 5.41) is 8.05. The van der Waals surface area contributed by atoms with Gasteiger partial charge in [0.25, 0.3) is 11.8 Å². The second-order valence-corrected chi connectivity index (χ2v) is 12.7. The van der Waals surface area contributed by atoms with Crippen LogP contribution in [0.5, 0.6) is 0 Å². The molecule has 1 atom stereocenters. The Morgan fingerprint density at radius 3 is 2.40 bits per heavy atom. The summed E-state index contributed by atoms with van der Waals surface area (Å²) >= 11 is 1.01. The number of halogens is 3. The van der Waals surface area contributed by atoms with Crippen LogP contribution in [0.2, 0.25) is 0 Å². The Hall–Kier alpha value is -3.89. The monoisotopic (exact) mass is 622 g/mol. The number of carbonyl (C=O) groups excluding carboxylic acids is 2. The van der Waals surface area contributed by atoms with Crippen molar-refractivity contribution >= 4 is 43.9 Å². The molecule has 222 valence electrons. The van der Waals surface area contributed by atoms with Gasteiger partial charge in [-0.05, 0) is 37.1 Å². The molecule has 11 nitrogen and oxygen atoms in total. The third kappa shape index (κ3) is 5.73. The zero-order chi connectivity index (χ0) is 30.4. The van der Waals surface area contributed by atoms with Gasteiger partial charge in [-0.25, -0.2) is 13.4 Å². The van der Waals surface area contributed by atoms with Crippen LogP contribution in [0.4, 0.5) is 13.2 Å². The number of sulfonamides is 1. The van der Waals surface area contributed by atoms with Gasteiger partial charge in [0.1, 0.15) is 11.7 Å². The summed E-state index contributed by atoms with van der Waals surface area (Å²) in [5.41, 5.74) is 5.69. The third-order valence-corrected chi connectivity index (χ3v) is 9.64. The summed E-state index contributed by atoms with van der Waals surface area (Å²) in [6.07, 6.45) is -3.17. The maximum absolute atomic E-state index is 13.8. The van der Waals surface area contributed by atoms with Crippen LogP contribution >= 0.6 is 11.3 Å². The van der Waals surface area contributed by atoms with Crippen molar-refractivity contribution in [2.75, 3.05) is 13.1 Å². The molecule has 3 N–H and O–H groups in total. The van der Waals surface area contributed by atoms with Crippen LogP contribution in [0, 0.1) is 5.92 Å². The Morgan fingerprint density at radius 1 is 1.12 bits per heavy atom. The fourth-order valence-corrected chi connectivity index (χ4v) is 7.03. The first-order valence-corrected chi connectivity index (χ1v) is 15.1. The van der Waals surface area contributed by atoms with E-state index in [9.17, 15) is 31.2 Å². The maximum atomic E-state index is 13.8. The summed E-state index contributed by atoms with van der Waals surface area (Å²) < 4.78 is 72.6. The second kappa shape index (κ2) is 11.1. The van der Waals surface area contributed by atoms with Crippen molar-refractivity contribution in [2.45, 2.75) is 43.8 Å². The van der Waals surface area contributed by atoms with Gasteiger partial charge in [0.2, 0.25) is 10.0 Å². The number of rotatable bonds is 7. The number of carbonyl (C=O) groups is 2. The first-order valence-electron chi connectivity index (χ1n) is 12.8. The number of amides is 2. The fraction of sp³-hybridized carbons (Fsp3) is 0.346. The van der Waals surface area contributed by atoms with Crippen LogP contribution in [-0.4, -0.2) is 65.6 Å². The molecular formula is C26H25F3N6O5S2. The van der Waals surface area contributed by atoms with Crippen LogP contribution in [0.3, 0.4) is 0 Å². The molecule has 2 amide bonds. The summed E-state index contributed by atoms with van der Waals surface area (Å²) in [5.74, 6) is -1.44. The Bertz CT molecular complexity index is 1780. The van der Waals surface area contributed by atoms with E-state index in [4.69, 9.17) is 10.2 Å². The van der Waals surface area contributed by atoms with E-state index in [-0.39, 0.29) is 32.8 Å². The topological polar surface area (TPSA) is 161 Å². The largest absolute Gasteiger partial charge is 0.410 e. The first-order chi connectivity index (χ1) is 19.8. The lowest BCUT2D eigenvalue weighted by Crippen LogP contribution is -2.43. The van der Waals surface area contributed by atoms with Crippen molar-refractivity contribution in [1.82, 2.24) is 24.8 Å². The molecule has 5 rings (SSSR count). The lowest BCUT2D eigenvalue weighted by atomic mass is 9.98. The van der Waals surface area contributed by atoms with E-state index in [0.717, 1.165) is 24.2 Å². The van der Waals surface area contributed by atoms with Gasteiger partial charge in [0.05, 0.1) is 9.77 Å². The molecule has 1 unspecified atom stereocenters. The van der Waals surface area contributed by atoms with Gasteiger partial charge in [-0.1, -0.05) is 37.3 Å². The van der Waals surface area contributed by atoms with Crippen molar-refractivity contribution in [3.05, 3.63) is 48.0 Å². The minimum absolute atomic E-state index is 0.0490. The number of nitrogens with two attached hydrogens (primary N) is 1. The Labute approximate surface area is 242 Å². The van der Waals surface area contributed by atoms with Crippen molar-refractivity contribution < 1.29 is 35.6 Å². The van der Waals surface area contributed by atoms with E-state index in [2.05, 4.69) is 22.1 Å². The molecule has 0 aliphatic carbocycles. The highest BCUT2D eigenvalue weighted by Crippen LogP contribution is 2.41. The van der Waals surface area contributed by atoms with Crippen molar-refractivity contribution in [3.8, 4) is 21.3 Å². The number of alkyl halides is 3. The SMILES string of the molecule is CC1CCN(C(=O)c2nc(-c3nnc(C(N)=O)o3)sc2-c2ccc(S(=O)(=O)NC(C)C(F)(F)F)c3ccccc23)CC1. The number of benzene rings is 2. The second-order valence-electron chi connectivity index (χ2n) is 9.99. The number of thiazole rings is 1. The number of hydrogen-bond acceptors (Lipinski definition) is 9. The standard InChI is InChI=1S/C26H25F3N6O5S2/c1-13-9-11-35(12-10-13)25(37)19-20(41-24(31-19)23-33-32-22(40-23)21(30)36)17-7-8-18(16-6-4-3-5-15(16)17)42(38,39)34-14(2)26(27,28)29/h3-8,13-14,34H,9-12H2,1-2H3,(H2,30,36). The Balaban J connectivity index is 1.65. The molecule has 0 bridgehead atoms. The van der Waals surface area contributed by atoms with Crippen LogP contribution in [0.15, 0.2) is 45.7 Å². The molecule has 1 saturated heterocycles. The molecular weight excluding hydrogens is 597 g/mol. The van der Waals surface area contributed by atoms with Crippen molar-refractivity contribution in [1.29, 1.82) is 0 Å². The highest BCUT2D eigenvalue weighted by molar-refractivity contribution is 7.89. The van der Waals surface area contributed by atoms with Gasteiger partial charge in [-0.3, -0.25) is 9.59 Å². The summed E-state index contributed by atoms with van der Waals surface area (Å²) in [7, 11) is -4.59. The number of piperidine rings is 1. The van der Waals surface area contributed by atoms with Gasteiger partial charge < -0.3 is 15.1 Å². The van der Waals surface area contributed by atoms with E-state index < -0.39 is 34.0 Å². The summed E-state index contributed by atoms with van der Waals surface area (Å²) in [6.45, 7) is 3.85. The van der Waals surface area contributed by atoms with Crippen LogP contribution < -0.4 is 10.5 Å². The number of primary amides is 1. The smallest absolute Gasteiger partial charge is 0.404 e. The van der Waals surface area contributed by atoms with Crippen LogP contribution in [-0.2, 0) is 10.0 Å². The maximum Gasteiger partial charge on any atom is 0.404 e. The minimum Gasteiger partial charge on any atom is -0.410 e. The first kappa shape index (κ1) is 29.6. The third-order valence-electron chi connectivity index (χ3n) is 6.96. The zero-order valence-electron chi connectivity index (χ0n) is 22.3. The molecule has 1 fully saturated rings. The van der Waals surface area contributed by atoms with Crippen LogP contribution in [0.25, 0.3) is 32.1 Å². The molecule has 0 saturated carbocycles. The van der Waals surface area contributed by atoms with Crippen LogP contribution in [0.1, 0.15) is 47.9 Å². The minimum atomic E-state index is -4.79. The van der Waals surface area contributed by atoms with E-state index in [1.54, 1.807) is 27.8 Å². The number of aromatic nitrogens is 3. The molecule has 16 heteroatoms. The van der Waals surface area contributed by atoms with Crippen molar-refractivity contribution in [2.24, 2.45) is 11.7 Å². The quantitative estimate of drug-likeness (QED) is 0.310. The van der Waals surface area contributed by atoms with Gasteiger partial charge in [-0.15, -0.1) is 21.5 Å². The lowest BCUT2D eigenvalue weighted by molar-refractivity contribution is -0.147. The summed E-state index contributed by atoms with van der Waals surface area (Å²) in [6, 6.07) is 6.56. The highest BCUT2D eigenvalue weighted by Gasteiger charge is 2.39. The predicted octanol–water partition coefficient (Wildman–Crippen LogP) is 4.21. The average Bonchev–Trinajstić information content (AvgIpc) is 3.60. The average molecular weight is 623 g/mol. The number of nitrogens with zero attached hydrogens (tertiary/aromatic N) is 4. The molecule has 2 aromatic carbocycles. The van der Waals surface area contributed by atoms with Gasteiger partial charge in [0.15, 0.2) is 5.01 Å². The van der Waals surface area contributed by atoms with Crippen molar-refractivity contribution in [3.63, 3.8) is 0 Å². The van der Waals surface area contributed by atoms with Gasteiger partial charge in [-0.2, -0.15) is 17.9 Å². The number of hydrogen-bond donors (Lipinski definition) is 2. The Kier molecular flexibility index (Phi) is 7.80. The van der Waals surface area contributed by atoms with E-state index >= 15 is 0 Å². The molecule has 3 heterocycles. The lowest BCUT2D eigenvalue weighted by Gasteiger charge is -2.30. The number of likely N-dealkylation sites (tertiary alicyclic amines) is 1. The number of fused-ring (bicyclic) bond motifs is 1. The molecule has 1 aliphatic heterocycles. The zero-order valence-corrected chi connectivity index (χ0v) is 23.9. The molecule has 0 radical (unpaired) electrons.